The molecule has 0 amide bonds. The Hall–Kier alpha value is -2.61. The maximum Gasteiger partial charge on any atom is 0.416 e. The van der Waals surface area contributed by atoms with Gasteiger partial charge in [0.2, 0.25) is 0 Å². The lowest BCUT2D eigenvalue weighted by atomic mass is 10.00. The summed E-state index contributed by atoms with van der Waals surface area (Å²) in [6.45, 7) is 0. The molecule has 0 spiro atoms. The van der Waals surface area contributed by atoms with Crippen molar-refractivity contribution >= 4 is 5.71 Å². The SMILES string of the molecule is N#Cc1ccc(CC(=N)c2cccc(C(F)(F)F)c2)cc1. The van der Waals surface area contributed by atoms with Crippen molar-refractivity contribution < 1.29 is 13.2 Å². The minimum Gasteiger partial charge on any atom is -0.304 e. The molecule has 0 aromatic heterocycles. The van der Waals surface area contributed by atoms with Crippen molar-refractivity contribution in [2.24, 2.45) is 0 Å². The average Bonchev–Trinajstić information content (AvgIpc) is 2.47. The minimum atomic E-state index is -4.41. The molecule has 0 fully saturated rings. The second-order valence-corrected chi connectivity index (χ2v) is 4.54. The molecule has 0 saturated carbocycles. The van der Waals surface area contributed by atoms with Gasteiger partial charge in [-0.3, -0.25) is 0 Å². The molecule has 0 aliphatic heterocycles. The van der Waals surface area contributed by atoms with E-state index in [1.807, 2.05) is 6.07 Å². The third-order valence-electron chi connectivity index (χ3n) is 3.00. The van der Waals surface area contributed by atoms with Crippen LogP contribution in [0.1, 0.15) is 22.3 Å². The highest BCUT2D eigenvalue weighted by Crippen LogP contribution is 2.29. The molecule has 0 heterocycles. The highest BCUT2D eigenvalue weighted by Gasteiger charge is 2.30. The molecule has 2 aromatic rings. The van der Waals surface area contributed by atoms with E-state index in [0.29, 0.717) is 5.56 Å². The Kier molecular flexibility index (Phi) is 4.08. The zero-order valence-corrected chi connectivity index (χ0v) is 10.9. The van der Waals surface area contributed by atoms with Crippen LogP contribution in [-0.2, 0) is 12.6 Å². The molecule has 21 heavy (non-hydrogen) atoms. The number of rotatable bonds is 3. The van der Waals surface area contributed by atoms with Gasteiger partial charge in [0.25, 0.3) is 0 Å². The van der Waals surface area contributed by atoms with Crippen LogP contribution in [0.4, 0.5) is 13.2 Å². The third kappa shape index (κ3) is 3.69. The Morgan fingerprint density at radius 2 is 1.76 bits per heavy atom. The average molecular weight is 288 g/mol. The smallest absolute Gasteiger partial charge is 0.304 e. The lowest BCUT2D eigenvalue weighted by molar-refractivity contribution is -0.137. The zero-order valence-electron chi connectivity index (χ0n) is 10.9. The molecule has 0 saturated heterocycles. The van der Waals surface area contributed by atoms with Crippen LogP contribution in [0.15, 0.2) is 48.5 Å². The molecule has 0 aliphatic carbocycles. The van der Waals surface area contributed by atoms with Gasteiger partial charge in [-0.2, -0.15) is 18.4 Å². The highest BCUT2D eigenvalue weighted by atomic mass is 19.4. The Bertz CT molecular complexity index is 695. The summed E-state index contributed by atoms with van der Waals surface area (Å²) in [5, 5.41) is 16.6. The highest BCUT2D eigenvalue weighted by molar-refractivity contribution is 5.99. The Morgan fingerprint density at radius 3 is 2.33 bits per heavy atom. The molecule has 5 heteroatoms. The molecule has 0 unspecified atom stereocenters. The molecule has 0 radical (unpaired) electrons. The van der Waals surface area contributed by atoms with E-state index in [0.717, 1.165) is 17.7 Å². The summed E-state index contributed by atoms with van der Waals surface area (Å²) in [6.07, 6.45) is -4.20. The van der Waals surface area contributed by atoms with Crippen molar-refractivity contribution in [2.75, 3.05) is 0 Å². The van der Waals surface area contributed by atoms with Crippen molar-refractivity contribution in [3.8, 4) is 6.07 Å². The van der Waals surface area contributed by atoms with E-state index in [4.69, 9.17) is 10.7 Å². The van der Waals surface area contributed by atoms with Crippen LogP contribution < -0.4 is 0 Å². The number of alkyl halides is 3. The summed E-state index contributed by atoms with van der Waals surface area (Å²) in [6, 6.07) is 13.4. The van der Waals surface area contributed by atoms with E-state index < -0.39 is 11.7 Å². The molecule has 2 rings (SSSR count). The van der Waals surface area contributed by atoms with Crippen LogP contribution >= 0.6 is 0 Å². The topological polar surface area (TPSA) is 47.6 Å². The predicted octanol–water partition coefficient (Wildman–Crippen LogP) is 4.19. The molecule has 1 N–H and O–H groups in total. The van der Waals surface area contributed by atoms with E-state index in [2.05, 4.69) is 0 Å². The van der Waals surface area contributed by atoms with E-state index in [-0.39, 0.29) is 17.7 Å². The first-order chi connectivity index (χ1) is 9.90. The minimum absolute atomic E-state index is 0.103. The van der Waals surface area contributed by atoms with Crippen LogP contribution in [0.25, 0.3) is 0 Å². The molecule has 2 nitrogen and oxygen atoms in total. The van der Waals surface area contributed by atoms with E-state index >= 15 is 0 Å². The first-order valence-corrected chi connectivity index (χ1v) is 6.14. The number of nitriles is 1. The quantitative estimate of drug-likeness (QED) is 0.846. The van der Waals surface area contributed by atoms with Crippen LogP contribution in [0.2, 0.25) is 0 Å². The number of halogens is 3. The maximum atomic E-state index is 12.6. The van der Waals surface area contributed by atoms with Gasteiger partial charge in [0.05, 0.1) is 17.2 Å². The van der Waals surface area contributed by atoms with Gasteiger partial charge in [0.1, 0.15) is 0 Å². The fraction of sp³-hybridized carbons (Fsp3) is 0.125. The van der Waals surface area contributed by atoms with Gasteiger partial charge < -0.3 is 5.41 Å². The summed E-state index contributed by atoms with van der Waals surface area (Å²) in [7, 11) is 0. The van der Waals surface area contributed by atoms with Crippen LogP contribution in [0.3, 0.4) is 0 Å². The summed E-state index contributed by atoms with van der Waals surface area (Å²) in [5.74, 6) is 0. The lowest BCUT2D eigenvalue weighted by Crippen LogP contribution is -2.09. The van der Waals surface area contributed by atoms with E-state index in [1.54, 1.807) is 24.3 Å². The number of benzene rings is 2. The first-order valence-electron chi connectivity index (χ1n) is 6.14. The van der Waals surface area contributed by atoms with Gasteiger partial charge in [-0.25, -0.2) is 0 Å². The number of nitrogens with one attached hydrogen (secondary N) is 1. The summed E-state index contributed by atoms with van der Waals surface area (Å²) >= 11 is 0. The van der Waals surface area contributed by atoms with Gasteiger partial charge in [-0.1, -0.05) is 24.3 Å². The molecule has 2 aromatic carbocycles. The van der Waals surface area contributed by atoms with Crippen molar-refractivity contribution in [3.05, 3.63) is 70.8 Å². The predicted molar refractivity (Wildman–Crippen MR) is 73.1 cm³/mol. The van der Waals surface area contributed by atoms with Gasteiger partial charge in [-0.15, -0.1) is 0 Å². The van der Waals surface area contributed by atoms with Gasteiger partial charge >= 0.3 is 6.18 Å². The fourth-order valence-electron chi connectivity index (χ4n) is 1.89. The summed E-state index contributed by atoms with van der Waals surface area (Å²) in [5.41, 5.74) is 0.866. The molecule has 0 bridgehead atoms. The first kappa shape index (κ1) is 14.8. The second-order valence-electron chi connectivity index (χ2n) is 4.54. The van der Waals surface area contributed by atoms with Gasteiger partial charge in [-0.05, 0) is 35.4 Å². The van der Waals surface area contributed by atoms with Crippen molar-refractivity contribution in [2.45, 2.75) is 12.6 Å². The Balaban J connectivity index is 2.18. The molecular weight excluding hydrogens is 277 g/mol. The second kappa shape index (κ2) is 5.80. The van der Waals surface area contributed by atoms with Gasteiger partial charge in [0.15, 0.2) is 0 Å². The van der Waals surface area contributed by atoms with E-state index in [1.165, 1.54) is 12.1 Å². The van der Waals surface area contributed by atoms with Crippen molar-refractivity contribution in [1.82, 2.24) is 0 Å². The third-order valence-corrected chi connectivity index (χ3v) is 3.00. The lowest BCUT2D eigenvalue weighted by Gasteiger charge is -2.09. The van der Waals surface area contributed by atoms with Crippen molar-refractivity contribution in [1.29, 1.82) is 10.7 Å². The number of hydrogen-bond donors (Lipinski definition) is 1. The molecule has 0 atom stereocenters. The van der Waals surface area contributed by atoms with Gasteiger partial charge in [0, 0.05) is 12.1 Å². The normalized spacial score (nSPS) is 11.0. The Morgan fingerprint density at radius 1 is 1.10 bits per heavy atom. The van der Waals surface area contributed by atoms with Crippen molar-refractivity contribution in [3.63, 3.8) is 0 Å². The fourth-order valence-corrected chi connectivity index (χ4v) is 1.89. The summed E-state index contributed by atoms with van der Waals surface area (Å²) in [4.78, 5) is 0. The van der Waals surface area contributed by atoms with Crippen LogP contribution in [0, 0.1) is 16.7 Å². The number of nitrogens with zero attached hydrogens (tertiary/aromatic N) is 1. The summed E-state index contributed by atoms with van der Waals surface area (Å²) < 4.78 is 37.9. The van der Waals surface area contributed by atoms with Crippen LogP contribution in [0.5, 0.6) is 0 Å². The maximum absolute atomic E-state index is 12.6. The zero-order chi connectivity index (χ0) is 15.5. The Labute approximate surface area is 120 Å². The standard InChI is InChI=1S/C16H11F3N2/c17-16(18,19)14-3-1-2-13(9-14)15(21)8-11-4-6-12(10-20)7-5-11/h1-7,9,21H,8H2. The molecule has 106 valence electrons. The molecule has 0 aliphatic rings. The number of hydrogen-bond acceptors (Lipinski definition) is 2. The largest absolute Gasteiger partial charge is 0.416 e. The van der Waals surface area contributed by atoms with E-state index in [9.17, 15) is 13.2 Å². The monoisotopic (exact) mass is 288 g/mol. The molecular formula is C16H11F3N2. The van der Waals surface area contributed by atoms with Crippen LogP contribution in [-0.4, -0.2) is 5.71 Å².